The fourth-order valence-electron chi connectivity index (χ4n) is 1.07. The number of hydrogen-bond donors (Lipinski definition) is 2. The summed E-state index contributed by atoms with van der Waals surface area (Å²) in [5.74, 6) is 0.161. The summed E-state index contributed by atoms with van der Waals surface area (Å²) < 4.78 is 4.83. The van der Waals surface area contributed by atoms with Crippen LogP contribution in [0.5, 0.6) is 0 Å². The summed E-state index contributed by atoms with van der Waals surface area (Å²) in [5, 5.41) is 6.36. The Morgan fingerprint density at radius 2 is 2.58 bits per heavy atom. The lowest BCUT2D eigenvalue weighted by atomic mass is 10.1. The smallest absolute Gasteiger partial charge is 0.246 e. The molecule has 12 heavy (non-hydrogen) atoms. The van der Waals surface area contributed by atoms with E-state index < -0.39 is 5.91 Å². The van der Waals surface area contributed by atoms with Crippen molar-refractivity contribution in [1.29, 1.82) is 0 Å². The minimum Gasteiger partial charge on any atom is -0.366 e. The molecule has 2 heterocycles. The fraction of sp³-hybridized carbons (Fsp3) is 0.143. The number of carbonyl (C=O) groups is 1. The Hall–Kier alpha value is -1.78. The van der Waals surface area contributed by atoms with E-state index >= 15 is 0 Å². The van der Waals surface area contributed by atoms with Gasteiger partial charge in [-0.2, -0.15) is 0 Å². The third kappa shape index (κ3) is 0.952. The van der Waals surface area contributed by atoms with Gasteiger partial charge in [0.15, 0.2) is 0 Å². The largest absolute Gasteiger partial charge is 0.366 e. The van der Waals surface area contributed by atoms with Crippen LogP contribution in [0, 0.1) is 0 Å². The number of anilines is 1. The molecule has 0 saturated heterocycles. The van der Waals surface area contributed by atoms with E-state index in [1.54, 1.807) is 6.20 Å². The van der Waals surface area contributed by atoms with Crippen molar-refractivity contribution < 1.29 is 9.32 Å². The maximum Gasteiger partial charge on any atom is 0.246 e. The minimum absolute atomic E-state index is 0.422. The van der Waals surface area contributed by atoms with E-state index in [9.17, 15) is 4.79 Å². The van der Waals surface area contributed by atoms with Crippen LogP contribution < -0.4 is 11.1 Å². The zero-order chi connectivity index (χ0) is 8.55. The first-order valence-corrected chi connectivity index (χ1v) is 3.46. The van der Waals surface area contributed by atoms with E-state index in [4.69, 9.17) is 10.3 Å². The molecule has 1 aliphatic heterocycles. The van der Waals surface area contributed by atoms with Crippen LogP contribution in [0.2, 0.25) is 0 Å². The quantitative estimate of drug-likeness (QED) is 0.614. The molecule has 5 nitrogen and oxygen atoms in total. The molecule has 0 radical (unpaired) electrons. The molecule has 1 aromatic rings. The molecule has 0 unspecified atom stereocenters. The number of rotatable bonds is 1. The Labute approximate surface area is 68.2 Å². The Morgan fingerprint density at radius 3 is 3.33 bits per heavy atom. The average Bonchev–Trinajstić information content (AvgIpc) is 2.49. The van der Waals surface area contributed by atoms with Crippen molar-refractivity contribution in [3.05, 3.63) is 23.5 Å². The lowest BCUT2D eigenvalue weighted by Gasteiger charge is -2.08. The van der Waals surface area contributed by atoms with Crippen molar-refractivity contribution in [1.82, 2.24) is 5.16 Å². The molecule has 0 fully saturated rings. The topological polar surface area (TPSA) is 81.2 Å². The van der Waals surface area contributed by atoms with Crippen LogP contribution in [-0.2, 0) is 11.2 Å². The van der Waals surface area contributed by atoms with Crippen molar-refractivity contribution in [2.75, 3.05) is 5.32 Å². The van der Waals surface area contributed by atoms with Gasteiger partial charge in [0.05, 0.1) is 6.20 Å². The number of fused-ring (bicyclic) bond motifs is 1. The first-order chi connectivity index (χ1) is 5.77. The highest BCUT2D eigenvalue weighted by atomic mass is 16.5. The predicted molar refractivity (Wildman–Crippen MR) is 41.1 cm³/mol. The molecule has 1 amide bonds. The second-order valence-corrected chi connectivity index (χ2v) is 2.54. The fourth-order valence-corrected chi connectivity index (χ4v) is 1.07. The zero-order valence-corrected chi connectivity index (χ0v) is 6.20. The summed E-state index contributed by atoms with van der Waals surface area (Å²) in [7, 11) is 0. The number of carbonyl (C=O) groups excluding carboxylic acids is 1. The van der Waals surface area contributed by atoms with Gasteiger partial charge in [-0.25, -0.2) is 0 Å². The van der Waals surface area contributed by atoms with Crippen LogP contribution >= 0.6 is 0 Å². The van der Waals surface area contributed by atoms with Gasteiger partial charge in [-0.1, -0.05) is 5.16 Å². The van der Waals surface area contributed by atoms with Crippen molar-refractivity contribution in [2.45, 2.75) is 6.42 Å². The zero-order valence-electron chi connectivity index (χ0n) is 6.20. The van der Waals surface area contributed by atoms with E-state index in [1.807, 2.05) is 0 Å². The van der Waals surface area contributed by atoms with Gasteiger partial charge in [-0.05, 0) is 0 Å². The first-order valence-electron chi connectivity index (χ1n) is 3.46. The summed E-state index contributed by atoms with van der Waals surface area (Å²) in [6, 6.07) is 0. The Bertz CT molecular complexity index is 353. The molecular weight excluding hydrogens is 158 g/mol. The van der Waals surface area contributed by atoms with Gasteiger partial charge >= 0.3 is 0 Å². The molecular formula is C7H7N3O2. The molecule has 0 bridgehead atoms. The molecule has 0 aliphatic carbocycles. The van der Waals surface area contributed by atoms with Gasteiger partial charge in [0, 0.05) is 23.8 Å². The van der Waals surface area contributed by atoms with E-state index in [1.165, 1.54) is 6.20 Å². The number of nitrogens with two attached hydrogens (primary N) is 1. The molecule has 0 spiro atoms. The third-order valence-electron chi connectivity index (χ3n) is 1.72. The summed E-state index contributed by atoms with van der Waals surface area (Å²) in [5.41, 5.74) is 6.48. The number of primary amides is 1. The van der Waals surface area contributed by atoms with Gasteiger partial charge in [-0.15, -0.1) is 0 Å². The lowest BCUT2D eigenvalue weighted by molar-refractivity contribution is -0.114. The van der Waals surface area contributed by atoms with E-state index in [-0.39, 0.29) is 0 Å². The van der Waals surface area contributed by atoms with Gasteiger partial charge < -0.3 is 15.6 Å². The molecule has 5 heteroatoms. The summed E-state index contributed by atoms with van der Waals surface area (Å²) in [4.78, 5) is 10.7. The van der Waals surface area contributed by atoms with Crippen LogP contribution in [0.25, 0.3) is 0 Å². The average molecular weight is 165 g/mol. The van der Waals surface area contributed by atoms with E-state index in [0.717, 1.165) is 5.56 Å². The summed E-state index contributed by atoms with van der Waals surface area (Å²) >= 11 is 0. The highest BCUT2D eigenvalue weighted by Crippen LogP contribution is 2.22. The molecule has 2 rings (SSSR count). The molecule has 0 atom stereocenters. The molecule has 0 aromatic carbocycles. The SMILES string of the molecule is NC(=O)C1=CNc2oncc2C1. The first kappa shape index (κ1) is 6.90. The maximum atomic E-state index is 10.7. The second kappa shape index (κ2) is 2.37. The summed E-state index contributed by atoms with van der Waals surface area (Å²) in [6.07, 6.45) is 3.59. The van der Waals surface area contributed by atoms with Gasteiger partial charge in [0.25, 0.3) is 0 Å². The number of nitrogens with one attached hydrogen (secondary N) is 1. The van der Waals surface area contributed by atoms with E-state index in [2.05, 4.69) is 10.5 Å². The Balaban J connectivity index is 2.29. The Kier molecular flexibility index (Phi) is 1.36. The van der Waals surface area contributed by atoms with Crippen molar-refractivity contribution in [3.8, 4) is 0 Å². The number of nitrogens with zero attached hydrogens (tertiary/aromatic N) is 1. The van der Waals surface area contributed by atoms with Crippen LogP contribution in [-0.4, -0.2) is 11.1 Å². The number of aromatic nitrogens is 1. The lowest BCUT2D eigenvalue weighted by Crippen LogP contribution is -2.19. The number of hydrogen-bond acceptors (Lipinski definition) is 4. The minimum atomic E-state index is -0.422. The molecule has 0 saturated carbocycles. The van der Waals surface area contributed by atoms with Gasteiger partial charge in [-0.3, -0.25) is 4.79 Å². The molecule has 3 N–H and O–H groups in total. The monoisotopic (exact) mass is 165 g/mol. The van der Waals surface area contributed by atoms with Crippen LogP contribution in [0.1, 0.15) is 5.56 Å². The standard InChI is InChI=1S/C7H7N3O2/c8-6(11)4-1-5-3-10-12-7(5)9-2-4/h2-3,9H,1H2,(H2,8,11). The van der Waals surface area contributed by atoms with Crippen molar-refractivity contribution >= 4 is 11.8 Å². The van der Waals surface area contributed by atoms with Crippen molar-refractivity contribution in [3.63, 3.8) is 0 Å². The van der Waals surface area contributed by atoms with Gasteiger partial charge in [0.1, 0.15) is 0 Å². The molecule has 1 aromatic heterocycles. The third-order valence-corrected chi connectivity index (χ3v) is 1.72. The van der Waals surface area contributed by atoms with Crippen LogP contribution in [0.3, 0.4) is 0 Å². The number of amides is 1. The van der Waals surface area contributed by atoms with Crippen LogP contribution in [0.4, 0.5) is 5.88 Å². The highest BCUT2D eigenvalue weighted by Gasteiger charge is 2.17. The van der Waals surface area contributed by atoms with Crippen molar-refractivity contribution in [2.24, 2.45) is 5.73 Å². The Morgan fingerprint density at radius 1 is 1.75 bits per heavy atom. The van der Waals surface area contributed by atoms with Crippen LogP contribution in [0.15, 0.2) is 22.5 Å². The second-order valence-electron chi connectivity index (χ2n) is 2.54. The normalized spacial score (nSPS) is 14.5. The summed E-state index contributed by atoms with van der Waals surface area (Å²) in [6.45, 7) is 0. The molecule has 62 valence electrons. The predicted octanol–water partition coefficient (Wildman–Crippen LogP) is 0.0118. The van der Waals surface area contributed by atoms with E-state index in [0.29, 0.717) is 17.9 Å². The highest BCUT2D eigenvalue weighted by molar-refractivity contribution is 5.93. The molecule has 1 aliphatic rings. The van der Waals surface area contributed by atoms with Gasteiger partial charge in [0.2, 0.25) is 11.8 Å². The maximum absolute atomic E-state index is 10.7.